The zero-order chi connectivity index (χ0) is 25.5. The van der Waals surface area contributed by atoms with Gasteiger partial charge in [0.2, 0.25) is 21.8 Å². The van der Waals surface area contributed by atoms with Crippen LogP contribution in [0.4, 0.5) is 5.69 Å². The highest BCUT2D eigenvalue weighted by molar-refractivity contribution is 9.10. The van der Waals surface area contributed by atoms with Gasteiger partial charge in [0.05, 0.1) is 11.9 Å². The summed E-state index contributed by atoms with van der Waals surface area (Å²) >= 11 is 9.63. The number of unbranched alkanes of at least 4 members (excludes halogenated alkanes) is 1. The van der Waals surface area contributed by atoms with Crippen molar-refractivity contribution in [3.8, 4) is 0 Å². The summed E-state index contributed by atoms with van der Waals surface area (Å²) in [5.41, 5.74) is 1.68. The van der Waals surface area contributed by atoms with E-state index in [-0.39, 0.29) is 12.5 Å². The number of hydrogen-bond acceptors (Lipinski definition) is 4. The fourth-order valence-electron chi connectivity index (χ4n) is 3.41. The molecule has 2 amide bonds. The number of hydrogen-bond donors (Lipinski definition) is 1. The van der Waals surface area contributed by atoms with Gasteiger partial charge < -0.3 is 10.2 Å². The van der Waals surface area contributed by atoms with Gasteiger partial charge in [-0.2, -0.15) is 0 Å². The van der Waals surface area contributed by atoms with Gasteiger partial charge in [0.1, 0.15) is 12.6 Å². The van der Waals surface area contributed by atoms with Gasteiger partial charge in [-0.05, 0) is 55.7 Å². The second kappa shape index (κ2) is 12.6. The van der Waals surface area contributed by atoms with Crippen molar-refractivity contribution in [2.45, 2.75) is 46.2 Å². The lowest BCUT2D eigenvalue weighted by Gasteiger charge is -2.32. The Kier molecular flexibility index (Phi) is 10.4. The zero-order valence-corrected chi connectivity index (χ0v) is 23.0. The van der Waals surface area contributed by atoms with E-state index < -0.39 is 28.5 Å². The molecule has 2 aromatic rings. The number of carbonyl (C=O) groups is 2. The van der Waals surface area contributed by atoms with Gasteiger partial charge >= 0.3 is 0 Å². The molecule has 2 rings (SSSR count). The molecule has 0 fully saturated rings. The Hall–Kier alpha value is -2.10. The summed E-state index contributed by atoms with van der Waals surface area (Å²) in [6.07, 6.45) is 2.80. The van der Waals surface area contributed by atoms with Gasteiger partial charge in [-0.25, -0.2) is 8.42 Å². The van der Waals surface area contributed by atoms with E-state index in [4.69, 9.17) is 11.6 Å². The summed E-state index contributed by atoms with van der Waals surface area (Å²) in [5.74, 6) is -0.787. The standard InChI is InChI=1S/C24H31BrClN3O4S/c1-5-6-13-27-24(31)18(3)28(15-19-9-7-10-20(25)14-19)23(30)16-29(34(4,32)33)22-12-8-11-21(26)17(22)2/h7-12,14,18H,5-6,13,15-16H2,1-4H3,(H,27,31)/t18-/m1/s1. The summed E-state index contributed by atoms with van der Waals surface area (Å²) in [5, 5.41) is 3.25. The first-order valence-electron chi connectivity index (χ1n) is 11.0. The first-order valence-corrected chi connectivity index (χ1v) is 14.0. The van der Waals surface area contributed by atoms with Crippen LogP contribution in [-0.4, -0.2) is 50.5 Å². The molecule has 0 aliphatic rings. The molecular formula is C24H31BrClN3O4S. The van der Waals surface area contributed by atoms with E-state index in [1.807, 2.05) is 31.2 Å². The van der Waals surface area contributed by atoms with Gasteiger partial charge in [0, 0.05) is 22.6 Å². The van der Waals surface area contributed by atoms with E-state index in [1.54, 1.807) is 32.0 Å². The van der Waals surface area contributed by atoms with Crippen molar-refractivity contribution >= 4 is 55.1 Å². The molecule has 0 unspecified atom stereocenters. The maximum atomic E-state index is 13.5. The maximum Gasteiger partial charge on any atom is 0.244 e. The molecule has 0 spiro atoms. The number of nitrogens with zero attached hydrogens (tertiary/aromatic N) is 2. The van der Waals surface area contributed by atoms with Crippen molar-refractivity contribution < 1.29 is 18.0 Å². The van der Waals surface area contributed by atoms with E-state index in [2.05, 4.69) is 21.2 Å². The number of carbonyl (C=O) groups excluding carboxylic acids is 2. The normalized spacial score (nSPS) is 12.2. The van der Waals surface area contributed by atoms with Gasteiger partial charge in [-0.15, -0.1) is 0 Å². The Morgan fingerprint density at radius 3 is 2.47 bits per heavy atom. The van der Waals surface area contributed by atoms with Crippen molar-refractivity contribution in [3.63, 3.8) is 0 Å². The molecule has 0 aliphatic heterocycles. The molecule has 0 bridgehead atoms. The summed E-state index contributed by atoms with van der Waals surface area (Å²) in [7, 11) is -3.81. The third kappa shape index (κ3) is 7.71. The minimum absolute atomic E-state index is 0.146. The summed E-state index contributed by atoms with van der Waals surface area (Å²) in [6.45, 7) is 5.56. The number of benzene rings is 2. The van der Waals surface area contributed by atoms with Crippen LogP contribution in [0.5, 0.6) is 0 Å². The first kappa shape index (κ1) is 28.1. The highest BCUT2D eigenvalue weighted by Gasteiger charge is 2.30. The lowest BCUT2D eigenvalue weighted by Crippen LogP contribution is -2.51. The van der Waals surface area contributed by atoms with Crippen LogP contribution in [0.2, 0.25) is 5.02 Å². The van der Waals surface area contributed by atoms with E-state index >= 15 is 0 Å². The Labute approximate surface area is 215 Å². The van der Waals surface area contributed by atoms with Crippen LogP contribution < -0.4 is 9.62 Å². The Bertz CT molecular complexity index is 1130. The third-order valence-corrected chi connectivity index (χ3v) is 7.45. The molecule has 1 N–H and O–H groups in total. The molecule has 0 saturated carbocycles. The number of sulfonamides is 1. The van der Waals surface area contributed by atoms with Gasteiger partial charge in [-0.3, -0.25) is 13.9 Å². The molecule has 34 heavy (non-hydrogen) atoms. The lowest BCUT2D eigenvalue weighted by molar-refractivity contribution is -0.139. The quantitative estimate of drug-likeness (QED) is 0.402. The topological polar surface area (TPSA) is 86.8 Å². The molecule has 2 aromatic carbocycles. The van der Waals surface area contributed by atoms with E-state index in [0.29, 0.717) is 22.8 Å². The minimum Gasteiger partial charge on any atom is -0.354 e. The van der Waals surface area contributed by atoms with Crippen molar-refractivity contribution in [2.75, 3.05) is 23.7 Å². The second-order valence-corrected chi connectivity index (χ2v) is 11.4. The SMILES string of the molecule is CCCCNC(=O)[C@@H](C)N(Cc1cccc(Br)c1)C(=O)CN(c1cccc(Cl)c1C)S(C)(=O)=O. The van der Waals surface area contributed by atoms with Crippen LogP contribution in [0.25, 0.3) is 0 Å². The van der Waals surface area contributed by atoms with Crippen molar-refractivity contribution in [3.05, 3.63) is 63.1 Å². The third-order valence-electron chi connectivity index (χ3n) is 5.43. The van der Waals surface area contributed by atoms with Crippen LogP contribution in [0.1, 0.15) is 37.8 Å². The molecule has 0 aliphatic carbocycles. The Balaban J connectivity index is 2.39. The maximum absolute atomic E-state index is 13.5. The molecule has 0 aromatic heterocycles. The van der Waals surface area contributed by atoms with Gasteiger partial charge in [0.25, 0.3) is 0 Å². The van der Waals surface area contributed by atoms with E-state index in [9.17, 15) is 18.0 Å². The van der Waals surface area contributed by atoms with Gasteiger partial charge in [0.15, 0.2) is 0 Å². The lowest BCUT2D eigenvalue weighted by atomic mass is 10.1. The number of nitrogens with one attached hydrogen (secondary N) is 1. The fourth-order valence-corrected chi connectivity index (χ4v) is 4.93. The predicted octanol–water partition coefficient (Wildman–Crippen LogP) is 4.51. The van der Waals surface area contributed by atoms with Crippen LogP contribution >= 0.6 is 27.5 Å². The van der Waals surface area contributed by atoms with Crippen molar-refractivity contribution in [2.24, 2.45) is 0 Å². The van der Waals surface area contributed by atoms with Crippen LogP contribution in [0, 0.1) is 6.92 Å². The average molecular weight is 573 g/mol. The first-order chi connectivity index (χ1) is 16.0. The van der Waals surface area contributed by atoms with Crippen LogP contribution in [0.3, 0.4) is 0 Å². The number of rotatable bonds is 11. The molecule has 186 valence electrons. The predicted molar refractivity (Wildman–Crippen MR) is 140 cm³/mol. The van der Waals surface area contributed by atoms with Crippen molar-refractivity contribution in [1.82, 2.24) is 10.2 Å². The zero-order valence-electron chi connectivity index (χ0n) is 19.8. The Morgan fingerprint density at radius 2 is 1.85 bits per heavy atom. The summed E-state index contributed by atoms with van der Waals surface area (Å²) in [6, 6.07) is 11.5. The average Bonchev–Trinajstić information content (AvgIpc) is 2.76. The molecular weight excluding hydrogens is 542 g/mol. The summed E-state index contributed by atoms with van der Waals surface area (Å²) < 4.78 is 27.2. The smallest absolute Gasteiger partial charge is 0.244 e. The van der Waals surface area contributed by atoms with E-state index in [0.717, 1.165) is 33.4 Å². The monoisotopic (exact) mass is 571 g/mol. The number of amides is 2. The summed E-state index contributed by atoms with van der Waals surface area (Å²) in [4.78, 5) is 27.7. The van der Waals surface area contributed by atoms with E-state index in [1.165, 1.54) is 4.90 Å². The molecule has 0 radical (unpaired) electrons. The van der Waals surface area contributed by atoms with Gasteiger partial charge in [-0.1, -0.05) is 59.1 Å². The number of anilines is 1. The molecule has 1 atom stereocenters. The second-order valence-electron chi connectivity index (χ2n) is 8.13. The fraction of sp³-hybridized carbons (Fsp3) is 0.417. The molecule has 0 saturated heterocycles. The molecule has 0 heterocycles. The van der Waals surface area contributed by atoms with Crippen molar-refractivity contribution in [1.29, 1.82) is 0 Å². The highest BCUT2D eigenvalue weighted by atomic mass is 79.9. The highest BCUT2D eigenvalue weighted by Crippen LogP contribution is 2.28. The van der Waals surface area contributed by atoms with Crippen LogP contribution in [0.15, 0.2) is 46.9 Å². The Morgan fingerprint density at radius 1 is 1.18 bits per heavy atom. The molecule has 7 nitrogen and oxygen atoms in total. The largest absolute Gasteiger partial charge is 0.354 e. The van der Waals surface area contributed by atoms with Crippen LogP contribution in [-0.2, 0) is 26.2 Å². The minimum atomic E-state index is -3.81. The number of halogens is 2. The molecule has 10 heteroatoms.